The highest BCUT2D eigenvalue weighted by atomic mass is 16.5. The highest BCUT2D eigenvalue weighted by Gasteiger charge is 2.18. The molecule has 0 heterocycles. The second-order valence-corrected chi connectivity index (χ2v) is 3.52. The van der Waals surface area contributed by atoms with Crippen LogP contribution in [-0.2, 0) is 9.53 Å². The van der Waals surface area contributed by atoms with E-state index < -0.39 is 5.92 Å². The largest absolute Gasteiger partial charge is 0.468 e. The summed E-state index contributed by atoms with van der Waals surface area (Å²) in [6.07, 6.45) is 1.58. The van der Waals surface area contributed by atoms with Crippen LogP contribution in [0.15, 0.2) is 35.4 Å². The van der Waals surface area contributed by atoms with E-state index in [1.54, 1.807) is 25.3 Å². The second-order valence-electron chi connectivity index (χ2n) is 3.52. The summed E-state index contributed by atoms with van der Waals surface area (Å²) in [6.45, 7) is 0. The van der Waals surface area contributed by atoms with Gasteiger partial charge in [-0.25, -0.2) is 0 Å². The zero-order valence-electron chi connectivity index (χ0n) is 9.75. The predicted octanol–water partition coefficient (Wildman–Crippen LogP) is 1.49. The number of benzene rings is 1. The van der Waals surface area contributed by atoms with Crippen LogP contribution in [0.4, 0.5) is 0 Å². The Kier molecular flexibility index (Phi) is 4.51. The molecule has 0 N–H and O–H groups in total. The molecule has 1 rings (SSSR count). The quantitative estimate of drug-likeness (QED) is 0.438. The summed E-state index contributed by atoms with van der Waals surface area (Å²) in [5, 5.41) is 5.72. The Labute approximate surface area is 95.5 Å². The molecule has 16 heavy (non-hydrogen) atoms. The topological polar surface area (TPSA) is 41.9 Å². The summed E-state index contributed by atoms with van der Waals surface area (Å²) in [4.78, 5) is 11.6. The maximum absolute atomic E-state index is 11.6. The van der Waals surface area contributed by atoms with Crippen LogP contribution in [-0.4, -0.2) is 38.4 Å². The van der Waals surface area contributed by atoms with Gasteiger partial charge in [-0.15, -0.1) is 0 Å². The zero-order valence-corrected chi connectivity index (χ0v) is 9.75. The van der Waals surface area contributed by atoms with Gasteiger partial charge in [0.05, 0.1) is 7.11 Å². The van der Waals surface area contributed by atoms with E-state index in [0.717, 1.165) is 5.56 Å². The van der Waals surface area contributed by atoms with Crippen molar-refractivity contribution in [3.05, 3.63) is 35.9 Å². The number of carbonyl (C=O) groups excluding carboxylic acids is 1. The van der Waals surface area contributed by atoms with E-state index >= 15 is 0 Å². The van der Waals surface area contributed by atoms with Gasteiger partial charge in [0.25, 0.3) is 0 Å². The second kappa shape index (κ2) is 5.90. The average molecular weight is 220 g/mol. The molecule has 4 nitrogen and oxygen atoms in total. The molecule has 0 saturated heterocycles. The molecule has 0 fully saturated rings. The van der Waals surface area contributed by atoms with Crippen molar-refractivity contribution in [3.63, 3.8) is 0 Å². The monoisotopic (exact) mass is 220 g/mol. The molecule has 0 saturated carbocycles. The number of nitrogens with zero attached hydrogens (tertiary/aromatic N) is 2. The van der Waals surface area contributed by atoms with Gasteiger partial charge in [0.2, 0.25) is 0 Å². The Morgan fingerprint density at radius 2 is 2.00 bits per heavy atom. The molecule has 1 unspecified atom stereocenters. The van der Waals surface area contributed by atoms with E-state index in [9.17, 15) is 4.79 Å². The van der Waals surface area contributed by atoms with Gasteiger partial charge < -0.3 is 9.75 Å². The number of ether oxygens (including phenoxy) is 1. The molecule has 0 bridgehead atoms. The van der Waals surface area contributed by atoms with Gasteiger partial charge in [0.1, 0.15) is 5.92 Å². The van der Waals surface area contributed by atoms with Crippen LogP contribution in [0.25, 0.3) is 0 Å². The van der Waals surface area contributed by atoms with Crippen molar-refractivity contribution in [3.8, 4) is 0 Å². The molecule has 0 amide bonds. The molecule has 0 aliphatic carbocycles. The number of esters is 1. The summed E-state index contributed by atoms with van der Waals surface area (Å²) in [7, 11) is 4.98. The van der Waals surface area contributed by atoms with Crippen molar-refractivity contribution in [1.29, 1.82) is 0 Å². The lowest BCUT2D eigenvalue weighted by molar-refractivity contribution is -0.140. The van der Waals surface area contributed by atoms with Crippen LogP contribution in [0.2, 0.25) is 0 Å². The first-order valence-corrected chi connectivity index (χ1v) is 4.99. The average Bonchev–Trinajstić information content (AvgIpc) is 2.30. The molecule has 0 radical (unpaired) electrons. The minimum absolute atomic E-state index is 0.309. The van der Waals surface area contributed by atoms with Gasteiger partial charge >= 0.3 is 5.97 Å². The molecule has 1 aromatic rings. The molecular formula is C12H16N2O2. The highest BCUT2D eigenvalue weighted by molar-refractivity contribution is 5.95. The lowest BCUT2D eigenvalue weighted by Gasteiger charge is -2.11. The smallest absolute Gasteiger partial charge is 0.318 e. The van der Waals surface area contributed by atoms with Gasteiger partial charge in [-0.3, -0.25) is 4.79 Å². The van der Waals surface area contributed by atoms with E-state index in [1.165, 1.54) is 7.11 Å². The molecule has 0 aromatic heterocycles. The van der Waals surface area contributed by atoms with E-state index in [4.69, 9.17) is 4.74 Å². The first kappa shape index (κ1) is 12.2. The lowest BCUT2D eigenvalue weighted by Crippen LogP contribution is -2.17. The molecule has 86 valence electrons. The zero-order chi connectivity index (χ0) is 12.0. The minimum Gasteiger partial charge on any atom is -0.468 e. The van der Waals surface area contributed by atoms with Crippen LogP contribution in [0.1, 0.15) is 11.5 Å². The van der Waals surface area contributed by atoms with Crippen molar-refractivity contribution in [2.45, 2.75) is 5.92 Å². The standard InChI is InChI=1S/C12H16N2O2/c1-14(2)13-9-11(12(15)16-3)10-7-5-4-6-8-10/h4-9,11H,1-3H3. The number of carbonyl (C=O) groups is 1. The highest BCUT2D eigenvalue weighted by Crippen LogP contribution is 2.14. The van der Waals surface area contributed by atoms with Crippen molar-refractivity contribution >= 4 is 12.2 Å². The predicted molar refractivity (Wildman–Crippen MR) is 63.4 cm³/mol. The number of methoxy groups -OCH3 is 1. The van der Waals surface area contributed by atoms with Crippen LogP contribution in [0.5, 0.6) is 0 Å². The van der Waals surface area contributed by atoms with Gasteiger partial charge in [0, 0.05) is 20.3 Å². The van der Waals surface area contributed by atoms with Crippen molar-refractivity contribution in [2.75, 3.05) is 21.2 Å². The Morgan fingerprint density at radius 3 is 2.50 bits per heavy atom. The summed E-state index contributed by atoms with van der Waals surface area (Å²) < 4.78 is 4.75. The van der Waals surface area contributed by atoms with E-state index in [1.807, 2.05) is 30.3 Å². The van der Waals surface area contributed by atoms with E-state index in [2.05, 4.69) is 5.10 Å². The van der Waals surface area contributed by atoms with Crippen LogP contribution in [0.3, 0.4) is 0 Å². The fourth-order valence-corrected chi connectivity index (χ4v) is 1.27. The minimum atomic E-state index is -0.450. The maximum Gasteiger partial charge on any atom is 0.318 e. The van der Waals surface area contributed by atoms with Crippen molar-refractivity contribution in [2.24, 2.45) is 5.10 Å². The Bertz CT molecular complexity index is 361. The normalized spacial score (nSPS) is 12.4. The molecule has 0 aliphatic rings. The van der Waals surface area contributed by atoms with Gasteiger partial charge in [-0.05, 0) is 5.56 Å². The Balaban J connectivity index is 2.93. The van der Waals surface area contributed by atoms with E-state index in [-0.39, 0.29) is 5.97 Å². The maximum atomic E-state index is 11.6. The Morgan fingerprint density at radius 1 is 1.38 bits per heavy atom. The van der Waals surface area contributed by atoms with E-state index in [0.29, 0.717) is 0 Å². The molecular weight excluding hydrogens is 204 g/mol. The molecule has 1 aromatic carbocycles. The third kappa shape index (κ3) is 3.38. The molecule has 0 spiro atoms. The third-order valence-corrected chi connectivity index (χ3v) is 2.06. The number of hydrazone groups is 1. The summed E-state index contributed by atoms with van der Waals surface area (Å²) in [5.41, 5.74) is 0.875. The summed E-state index contributed by atoms with van der Waals surface area (Å²) >= 11 is 0. The Hall–Kier alpha value is -1.84. The van der Waals surface area contributed by atoms with Gasteiger partial charge in [-0.1, -0.05) is 30.3 Å². The van der Waals surface area contributed by atoms with Crippen molar-refractivity contribution < 1.29 is 9.53 Å². The third-order valence-electron chi connectivity index (χ3n) is 2.06. The van der Waals surface area contributed by atoms with Gasteiger partial charge in [-0.2, -0.15) is 5.10 Å². The van der Waals surface area contributed by atoms with Crippen molar-refractivity contribution in [1.82, 2.24) is 5.01 Å². The molecule has 0 aliphatic heterocycles. The number of rotatable bonds is 4. The number of hydrogen-bond acceptors (Lipinski definition) is 4. The molecule has 1 atom stereocenters. The fourth-order valence-electron chi connectivity index (χ4n) is 1.27. The lowest BCUT2D eigenvalue weighted by atomic mass is 10.0. The SMILES string of the molecule is COC(=O)C(C=NN(C)C)c1ccccc1. The number of hydrogen-bond donors (Lipinski definition) is 0. The summed E-state index contributed by atoms with van der Waals surface area (Å²) in [6, 6.07) is 9.43. The van der Waals surface area contributed by atoms with Crippen LogP contribution >= 0.6 is 0 Å². The van der Waals surface area contributed by atoms with Crippen LogP contribution in [0, 0.1) is 0 Å². The first-order chi connectivity index (χ1) is 7.65. The van der Waals surface area contributed by atoms with Crippen LogP contribution < -0.4 is 0 Å². The molecule has 4 heteroatoms. The fraction of sp³-hybridized carbons (Fsp3) is 0.333. The summed E-state index contributed by atoms with van der Waals surface area (Å²) in [5.74, 6) is -0.759. The van der Waals surface area contributed by atoms with Gasteiger partial charge in [0.15, 0.2) is 0 Å². The first-order valence-electron chi connectivity index (χ1n) is 4.99.